The molecule has 0 bridgehead atoms. The van der Waals surface area contributed by atoms with E-state index in [0.29, 0.717) is 13.1 Å². The van der Waals surface area contributed by atoms with Crippen molar-refractivity contribution in [2.75, 3.05) is 52.5 Å². The number of hydrogen-bond acceptors (Lipinski definition) is 4. The zero-order valence-electron chi connectivity index (χ0n) is 10.7. The lowest BCUT2D eigenvalue weighted by atomic mass is 10.3. The van der Waals surface area contributed by atoms with E-state index in [1.54, 1.807) is 0 Å². The summed E-state index contributed by atoms with van der Waals surface area (Å²) in [6.07, 6.45) is 4.80. The predicted octanol–water partition coefficient (Wildman–Crippen LogP) is 0.337. The molecule has 0 saturated heterocycles. The molecule has 4 nitrogen and oxygen atoms in total. The molecule has 2 N–H and O–H groups in total. The summed E-state index contributed by atoms with van der Waals surface area (Å²) >= 11 is 0. The van der Waals surface area contributed by atoms with Crippen molar-refractivity contribution in [2.24, 2.45) is 0 Å². The van der Waals surface area contributed by atoms with Crippen LogP contribution in [0.3, 0.4) is 0 Å². The van der Waals surface area contributed by atoms with E-state index >= 15 is 0 Å². The van der Waals surface area contributed by atoms with E-state index in [-0.39, 0.29) is 13.2 Å². The topological polar surface area (TPSA) is 46.9 Å². The molecule has 4 heteroatoms. The van der Waals surface area contributed by atoms with Gasteiger partial charge in [-0.25, -0.2) is 0 Å². The number of aliphatic hydroxyl groups is 2. The molecule has 100 valence electrons. The molecule has 0 aromatic heterocycles. The highest BCUT2D eigenvalue weighted by Crippen LogP contribution is 1.96. The average molecular weight is 242 g/mol. The molecule has 0 atom stereocenters. The minimum Gasteiger partial charge on any atom is -0.395 e. The first-order valence-corrected chi connectivity index (χ1v) is 6.16. The van der Waals surface area contributed by atoms with E-state index < -0.39 is 0 Å². The minimum atomic E-state index is 0.142. The Bertz CT molecular complexity index is 182. The van der Waals surface area contributed by atoms with Crippen molar-refractivity contribution in [1.29, 1.82) is 0 Å². The molecule has 17 heavy (non-hydrogen) atoms. The van der Waals surface area contributed by atoms with Crippen LogP contribution in [0.25, 0.3) is 0 Å². The van der Waals surface area contributed by atoms with Crippen LogP contribution in [0.2, 0.25) is 0 Å². The summed E-state index contributed by atoms with van der Waals surface area (Å²) in [7, 11) is 0. The highest BCUT2D eigenvalue weighted by Gasteiger charge is 2.05. The standard InChI is InChI=1S/C13H26N2O2/c1-3-6-14(7-4-2)8-5-9-15(10-12-16)11-13-17/h3-4,16-17H,1-2,5-13H2. The first kappa shape index (κ1) is 16.3. The van der Waals surface area contributed by atoms with Crippen LogP contribution in [0.15, 0.2) is 25.3 Å². The van der Waals surface area contributed by atoms with Crippen molar-refractivity contribution >= 4 is 0 Å². The van der Waals surface area contributed by atoms with Gasteiger partial charge in [0.05, 0.1) is 13.2 Å². The second-order valence-electron chi connectivity index (χ2n) is 3.98. The molecular weight excluding hydrogens is 216 g/mol. The smallest absolute Gasteiger partial charge is 0.0558 e. The van der Waals surface area contributed by atoms with Gasteiger partial charge in [-0.2, -0.15) is 0 Å². The Morgan fingerprint density at radius 1 is 0.765 bits per heavy atom. The van der Waals surface area contributed by atoms with Crippen LogP contribution in [0.5, 0.6) is 0 Å². The first-order valence-electron chi connectivity index (χ1n) is 6.16. The van der Waals surface area contributed by atoms with Gasteiger partial charge in [0.25, 0.3) is 0 Å². The lowest BCUT2D eigenvalue weighted by molar-refractivity contribution is 0.155. The third kappa shape index (κ3) is 9.06. The van der Waals surface area contributed by atoms with Crippen molar-refractivity contribution in [2.45, 2.75) is 6.42 Å². The molecule has 0 aliphatic rings. The second kappa shape index (κ2) is 11.8. The van der Waals surface area contributed by atoms with Crippen LogP contribution in [0.4, 0.5) is 0 Å². The van der Waals surface area contributed by atoms with Gasteiger partial charge in [-0.1, -0.05) is 12.2 Å². The molecule has 0 heterocycles. The summed E-state index contributed by atoms with van der Waals surface area (Å²) in [5, 5.41) is 17.8. The van der Waals surface area contributed by atoms with Gasteiger partial charge >= 0.3 is 0 Å². The second-order valence-corrected chi connectivity index (χ2v) is 3.98. The molecule has 0 rings (SSSR count). The molecule has 0 aromatic carbocycles. The van der Waals surface area contributed by atoms with E-state index in [1.807, 2.05) is 12.2 Å². The molecule has 0 radical (unpaired) electrons. The van der Waals surface area contributed by atoms with Crippen LogP contribution < -0.4 is 0 Å². The average Bonchev–Trinajstić information content (AvgIpc) is 2.30. The van der Waals surface area contributed by atoms with Gasteiger partial charge < -0.3 is 10.2 Å². The van der Waals surface area contributed by atoms with Gasteiger partial charge in [0.1, 0.15) is 0 Å². The van der Waals surface area contributed by atoms with Gasteiger partial charge in [-0.15, -0.1) is 13.2 Å². The number of aliphatic hydroxyl groups excluding tert-OH is 2. The van der Waals surface area contributed by atoms with E-state index in [4.69, 9.17) is 10.2 Å². The summed E-state index contributed by atoms with van der Waals surface area (Å²) in [6, 6.07) is 0. The van der Waals surface area contributed by atoms with E-state index in [0.717, 1.165) is 32.6 Å². The van der Waals surface area contributed by atoms with Gasteiger partial charge in [0.2, 0.25) is 0 Å². The lowest BCUT2D eigenvalue weighted by Crippen LogP contribution is -2.33. The fourth-order valence-electron chi connectivity index (χ4n) is 1.76. The largest absolute Gasteiger partial charge is 0.395 e. The van der Waals surface area contributed by atoms with Crippen molar-refractivity contribution in [3.63, 3.8) is 0 Å². The van der Waals surface area contributed by atoms with Crippen molar-refractivity contribution in [1.82, 2.24) is 9.80 Å². The Kier molecular flexibility index (Phi) is 11.3. The third-order valence-electron chi connectivity index (χ3n) is 2.56. The third-order valence-corrected chi connectivity index (χ3v) is 2.56. The number of rotatable bonds is 12. The van der Waals surface area contributed by atoms with Crippen LogP contribution in [-0.4, -0.2) is 72.5 Å². The Morgan fingerprint density at radius 3 is 1.65 bits per heavy atom. The van der Waals surface area contributed by atoms with Crippen molar-refractivity contribution < 1.29 is 10.2 Å². The molecule has 0 aliphatic heterocycles. The summed E-state index contributed by atoms with van der Waals surface area (Å²) in [4.78, 5) is 4.33. The molecule has 0 saturated carbocycles. The van der Waals surface area contributed by atoms with Crippen LogP contribution in [0, 0.1) is 0 Å². The van der Waals surface area contributed by atoms with Gasteiger partial charge in [0, 0.05) is 32.7 Å². The quantitative estimate of drug-likeness (QED) is 0.484. The summed E-state index contributed by atoms with van der Waals surface area (Å²) < 4.78 is 0. The molecule has 0 spiro atoms. The van der Waals surface area contributed by atoms with Gasteiger partial charge in [0.15, 0.2) is 0 Å². The van der Waals surface area contributed by atoms with Crippen molar-refractivity contribution in [3.05, 3.63) is 25.3 Å². The fraction of sp³-hybridized carbons (Fsp3) is 0.692. The SMILES string of the molecule is C=CCN(CC=C)CCCN(CCO)CCO. The monoisotopic (exact) mass is 242 g/mol. The van der Waals surface area contributed by atoms with Crippen LogP contribution >= 0.6 is 0 Å². The van der Waals surface area contributed by atoms with Crippen LogP contribution in [0.1, 0.15) is 6.42 Å². The molecule has 0 aliphatic carbocycles. The molecule has 0 fully saturated rings. The molecular formula is C13H26N2O2. The highest BCUT2D eigenvalue weighted by molar-refractivity contribution is 4.79. The summed E-state index contributed by atoms with van der Waals surface area (Å²) in [5.74, 6) is 0. The first-order chi connectivity index (χ1) is 8.28. The lowest BCUT2D eigenvalue weighted by Gasteiger charge is -2.23. The zero-order valence-corrected chi connectivity index (χ0v) is 10.7. The molecule has 0 amide bonds. The maximum Gasteiger partial charge on any atom is 0.0558 e. The van der Waals surface area contributed by atoms with E-state index in [9.17, 15) is 0 Å². The van der Waals surface area contributed by atoms with Crippen molar-refractivity contribution in [3.8, 4) is 0 Å². The summed E-state index contributed by atoms with van der Waals surface area (Å²) in [5.41, 5.74) is 0. The zero-order chi connectivity index (χ0) is 12.9. The Morgan fingerprint density at radius 2 is 1.24 bits per heavy atom. The Labute approximate surface area is 105 Å². The minimum absolute atomic E-state index is 0.142. The molecule has 0 aromatic rings. The molecule has 0 unspecified atom stereocenters. The van der Waals surface area contributed by atoms with Gasteiger partial charge in [-0.3, -0.25) is 9.80 Å². The normalized spacial score (nSPS) is 11.1. The summed E-state index contributed by atoms with van der Waals surface area (Å²) in [6.45, 7) is 12.6. The number of hydrogen-bond donors (Lipinski definition) is 2. The van der Waals surface area contributed by atoms with E-state index in [1.165, 1.54) is 0 Å². The van der Waals surface area contributed by atoms with Crippen LogP contribution in [-0.2, 0) is 0 Å². The maximum atomic E-state index is 8.88. The Balaban J connectivity index is 3.81. The number of nitrogens with zero attached hydrogens (tertiary/aromatic N) is 2. The Hall–Kier alpha value is -0.680. The van der Waals surface area contributed by atoms with E-state index in [2.05, 4.69) is 23.0 Å². The highest BCUT2D eigenvalue weighted by atomic mass is 16.3. The van der Waals surface area contributed by atoms with Gasteiger partial charge in [-0.05, 0) is 13.0 Å². The maximum absolute atomic E-state index is 8.88. The fourth-order valence-corrected chi connectivity index (χ4v) is 1.76. The predicted molar refractivity (Wildman–Crippen MR) is 72.1 cm³/mol.